The maximum absolute atomic E-state index is 12.3. The van der Waals surface area contributed by atoms with Crippen LogP contribution in [0.3, 0.4) is 0 Å². The Morgan fingerprint density at radius 1 is 1.37 bits per heavy atom. The summed E-state index contributed by atoms with van der Waals surface area (Å²) in [6, 6.07) is 1.27. The average Bonchev–Trinajstić information content (AvgIpc) is 2.93. The van der Waals surface area contributed by atoms with Crippen LogP contribution >= 0.6 is 0 Å². The summed E-state index contributed by atoms with van der Waals surface area (Å²) < 4.78 is 40.5. The molecule has 2 aromatic heterocycles. The standard InChI is InChI=1S/C12H14F3N3O/c1-17-7-4-16-10(17)3-6-18-5-2-9(8-18)11(19)12(13,14)15/h2,4-5,7-8,11,19H,3,6H2,1H3. The Balaban J connectivity index is 2.00. The summed E-state index contributed by atoms with van der Waals surface area (Å²) in [4.78, 5) is 4.13. The molecular formula is C12H14F3N3O. The minimum atomic E-state index is -4.63. The summed E-state index contributed by atoms with van der Waals surface area (Å²) in [5, 5.41) is 9.11. The van der Waals surface area contributed by atoms with Crippen LogP contribution in [0.5, 0.6) is 0 Å². The van der Waals surface area contributed by atoms with E-state index in [-0.39, 0.29) is 5.56 Å². The second-order valence-corrected chi connectivity index (χ2v) is 4.33. The van der Waals surface area contributed by atoms with Crippen LogP contribution in [0.4, 0.5) is 13.2 Å². The lowest BCUT2D eigenvalue weighted by atomic mass is 10.2. The van der Waals surface area contributed by atoms with E-state index >= 15 is 0 Å². The van der Waals surface area contributed by atoms with E-state index in [2.05, 4.69) is 4.98 Å². The molecule has 0 aliphatic carbocycles. The van der Waals surface area contributed by atoms with Gasteiger partial charge in [0.1, 0.15) is 5.82 Å². The summed E-state index contributed by atoms with van der Waals surface area (Å²) in [6.45, 7) is 0.509. The minimum absolute atomic E-state index is 0.146. The van der Waals surface area contributed by atoms with Gasteiger partial charge >= 0.3 is 6.18 Å². The molecule has 19 heavy (non-hydrogen) atoms. The van der Waals surface area contributed by atoms with Crippen molar-refractivity contribution in [2.24, 2.45) is 7.05 Å². The number of alkyl halides is 3. The van der Waals surface area contributed by atoms with Crippen molar-refractivity contribution in [3.63, 3.8) is 0 Å². The van der Waals surface area contributed by atoms with E-state index in [1.165, 1.54) is 18.5 Å². The zero-order chi connectivity index (χ0) is 14.0. The fourth-order valence-corrected chi connectivity index (χ4v) is 1.82. The van der Waals surface area contributed by atoms with Crippen LogP contribution in [0.2, 0.25) is 0 Å². The first-order valence-electron chi connectivity index (χ1n) is 5.74. The highest BCUT2D eigenvalue weighted by atomic mass is 19.4. The van der Waals surface area contributed by atoms with Crippen molar-refractivity contribution in [1.82, 2.24) is 14.1 Å². The van der Waals surface area contributed by atoms with Gasteiger partial charge in [0.2, 0.25) is 0 Å². The van der Waals surface area contributed by atoms with Crippen LogP contribution in [0.25, 0.3) is 0 Å². The number of nitrogens with zero attached hydrogens (tertiary/aromatic N) is 3. The zero-order valence-electron chi connectivity index (χ0n) is 10.3. The van der Waals surface area contributed by atoms with E-state index in [9.17, 15) is 13.2 Å². The number of rotatable bonds is 4. The van der Waals surface area contributed by atoms with Crippen LogP contribution in [0.15, 0.2) is 30.9 Å². The van der Waals surface area contributed by atoms with E-state index in [1.54, 1.807) is 10.8 Å². The molecule has 2 aromatic rings. The van der Waals surface area contributed by atoms with Crippen molar-refractivity contribution >= 4 is 0 Å². The summed E-state index contributed by atoms with van der Waals surface area (Å²) in [6.07, 6.45) is -0.143. The van der Waals surface area contributed by atoms with E-state index < -0.39 is 12.3 Å². The van der Waals surface area contributed by atoms with Crippen molar-refractivity contribution in [2.45, 2.75) is 25.2 Å². The molecule has 7 heteroatoms. The lowest BCUT2D eigenvalue weighted by Gasteiger charge is -2.12. The third kappa shape index (κ3) is 3.17. The van der Waals surface area contributed by atoms with Gasteiger partial charge in [-0.1, -0.05) is 0 Å². The second-order valence-electron chi connectivity index (χ2n) is 4.33. The molecule has 0 aliphatic heterocycles. The largest absolute Gasteiger partial charge is 0.418 e. The Kier molecular flexibility index (Phi) is 3.66. The molecule has 0 radical (unpaired) electrons. The molecule has 104 valence electrons. The van der Waals surface area contributed by atoms with Crippen molar-refractivity contribution < 1.29 is 18.3 Å². The number of aliphatic hydroxyl groups excluding tert-OH is 1. The zero-order valence-corrected chi connectivity index (χ0v) is 10.3. The third-order valence-corrected chi connectivity index (χ3v) is 2.91. The van der Waals surface area contributed by atoms with Gasteiger partial charge in [-0.2, -0.15) is 13.2 Å². The van der Waals surface area contributed by atoms with E-state index in [0.717, 1.165) is 5.82 Å². The molecule has 1 atom stereocenters. The lowest BCUT2D eigenvalue weighted by Crippen LogP contribution is -2.19. The Hall–Kier alpha value is -1.76. The maximum Gasteiger partial charge on any atom is 0.418 e. The Morgan fingerprint density at radius 3 is 2.68 bits per heavy atom. The lowest BCUT2D eigenvalue weighted by molar-refractivity contribution is -0.206. The number of aromatic nitrogens is 3. The normalized spacial score (nSPS) is 13.7. The van der Waals surface area contributed by atoms with Gasteiger partial charge in [-0.25, -0.2) is 4.98 Å². The van der Waals surface area contributed by atoms with Crippen LogP contribution in [-0.4, -0.2) is 25.4 Å². The second kappa shape index (κ2) is 5.08. The van der Waals surface area contributed by atoms with Crippen molar-refractivity contribution in [1.29, 1.82) is 0 Å². The number of imidazole rings is 1. The van der Waals surface area contributed by atoms with Crippen LogP contribution in [0.1, 0.15) is 17.5 Å². The fraction of sp³-hybridized carbons (Fsp3) is 0.417. The molecule has 0 amide bonds. The first-order chi connectivity index (χ1) is 8.88. The van der Waals surface area contributed by atoms with E-state index in [4.69, 9.17) is 5.11 Å². The monoisotopic (exact) mass is 273 g/mol. The molecule has 0 spiro atoms. The van der Waals surface area contributed by atoms with Gasteiger partial charge in [0, 0.05) is 50.4 Å². The molecule has 1 N–H and O–H groups in total. The SMILES string of the molecule is Cn1ccnc1CCn1ccc(C(O)C(F)(F)F)c1. The van der Waals surface area contributed by atoms with Gasteiger partial charge in [0.15, 0.2) is 6.10 Å². The first kappa shape index (κ1) is 13.7. The van der Waals surface area contributed by atoms with Gasteiger partial charge < -0.3 is 14.2 Å². The molecule has 0 fully saturated rings. The first-order valence-corrected chi connectivity index (χ1v) is 5.74. The van der Waals surface area contributed by atoms with Crippen molar-refractivity contribution in [3.05, 3.63) is 42.2 Å². The molecule has 0 bridgehead atoms. The molecule has 0 aromatic carbocycles. The van der Waals surface area contributed by atoms with E-state index in [0.29, 0.717) is 13.0 Å². The molecule has 0 aliphatic rings. The highest BCUT2D eigenvalue weighted by Crippen LogP contribution is 2.32. The van der Waals surface area contributed by atoms with Crippen molar-refractivity contribution in [2.75, 3.05) is 0 Å². The van der Waals surface area contributed by atoms with Crippen LogP contribution in [0, 0.1) is 0 Å². The van der Waals surface area contributed by atoms with E-state index in [1.807, 2.05) is 17.8 Å². The summed E-state index contributed by atoms with van der Waals surface area (Å²) in [5.41, 5.74) is -0.146. The number of aliphatic hydroxyl groups is 1. The van der Waals surface area contributed by atoms with Crippen molar-refractivity contribution in [3.8, 4) is 0 Å². The minimum Gasteiger partial charge on any atom is -0.379 e. The Bertz CT molecular complexity index is 544. The highest BCUT2D eigenvalue weighted by Gasteiger charge is 2.39. The third-order valence-electron chi connectivity index (χ3n) is 2.91. The molecule has 1 unspecified atom stereocenters. The molecular weight excluding hydrogens is 259 g/mol. The predicted octanol–water partition coefficient (Wildman–Crippen LogP) is 2.06. The number of hydrogen-bond acceptors (Lipinski definition) is 2. The highest BCUT2D eigenvalue weighted by molar-refractivity contribution is 5.15. The fourth-order valence-electron chi connectivity index (χ4n) is 1.82. The average molecular weight is 273 g/mol. The number of halogens is 3. The molecule has 0 saturated heterocycles. The number of hydrogen-bond donors (Lipinski definition) is 1. The maximum atomic E-state index is 12.3. The number of aryl methyl sites for hydroxylation is 3. The van der Waals surface area contributed by atoms with Crippen LogP contribution in [-0.2, 0) is 20.0 Å². The van der Waals surface area contributed by atoms with Gasteiger partial charge in [0.25, 0.3) is 0 Å². The molecule has 4 nitrogen and oxygen atoms in total. The Labute approximate surface area is 108 Å². The molecule has 2 heterocycles. The predicted molar refractivity (Wildman–Crippen MR) is 62.4 cm³/mol. The quantitative estimate of drug-likeness (QED) is 0.926. The van der Waals surface area contributed by atoms with Gasteiger partial charge in [-0.15, -0.1) is 0 Å². The topological polar surface area (TPSA) is 43.0 Å². The summed E-state index contributed by atoms with van der Waals surface area (Å²) in [7, 11) is 1.86. The summed E-state index contributed by atoms with van der Waals surface area (Å²) >= 11 is 0. The van der Waals surface area contributed by atoms with Gasteiger partial charge in [0.05, 0.1) is 0 Å². The molecule has 2 rings (SSSR count). The summed E-state index contributed by atoms with van der Waals surface area (Å²) in [5.74, 6) is 0.853. The van der Waals surface area contributed by atoms with Gasteiger partial charge in [-0.05, 0) is 6.07 Å². The molecule has 0 saturated carbocycles. The smallest absolute Gasteiger partial charge is 0.379 e. The van der Waals surface area contributed by atoms with Crippen LogP contribution < -0.4 is 0 Å². The Morgan fingerprint density at radius 2 is 2.11 bits per heavy atom. The van der Waals surface area contributed by atoms with Gasteiger partial charge in [-0.3, -0.25) is 0 Å².